The number of ketones is 1. The van der Waals surface area contributed by atoms with Crippen molar-refractivity contribution in [3.05, 3.63) is 34.6 Å². The van der Waals surface area contributed by atoms with Crippen LogP contribution in [0.5, 0.6) is 0 Å². The van der Waals surface area contributed by atoms with Crippen LogP contribution in [0.3, 0.4) is 0 Å². The molecule has 0 aliphatic heterocycles. The van der Waals surface area contributed by atoms with Gasteiger partial charge >= 0.3 is 0 Å². The summed E-state index contributed by atoms with van der Waals surface area (Å²) in [5, 5.41) is 0.324. The number of benzene rings is 1. The molecule has 0 aliphatic rings. The maximum atomic E-state index is 12.7. The number of thioether (sulfide) groups is 1. The second kappa shape index (κ2) is 6.13. The molecule has 0 amide bonds. The Morgan fingerprint density at radius 3 is 2.87 bits per heavy atom. The Morgan fingerprint density at radius 1 is 1.53 bits per heavy atom. The molecule has 4 heteroatoms. The fourth-order valence-electron chi connectivity index (χ4n) is 1.14. The van der Waals surface area contributed by atoms with Gasteiger partial charge in [-0.25, -0.2) is 4.39 Å². The van der Waals surface area contributed by atoms with E-state index in [4.69, 9.17) is 11.6 Å². The van der Waals surface area contributed by atoms with E-state index in [0.717, 1.165) is 5.75 Å². The average molecular weight is 247 g/mol. The number of halogens is 2. The Kier molecular flexibility index (Phi) is 5.12. The average Bonchev–Trinajstić information content (AvgIpc) is 2.19. The molecular weight excluding hydrogens is 235 g/mol. The number of hydrogen-bond donors (Lipinski definition) is 0. The van der Waals surface area contributed by atoms with Crippen molar-refractivity contribution in [2.45, 2.75) is 13.3 Å². The number of carbonyl (C=O) groups excluding carboxylic acids is 1. The van der Waals surface area contributed by atoms with Crippen molar-refractivity contribution in [3.63, 3.8) is 0 Å². The van der Waals surface area contributed by atoms with Gasteiger partial charge in [-0.05, 0) is 23.4 Å². The van der Waals surface area contributed by atoms with Gasteiger partial charge in [-0.2, -0.15) is 11.8 Å². The van der Waals surface area contributed by atoms with Gasteiger partial charge in [-0.3, -0.25) is 4.79 Å². The summed E-state index contributed by atoms with van der Waals surface area (Å²) in [7, 11) is 0. The summed E-state index contributed by atoms with van der Waals surface area (Å²) in [6.45, 7) is 2.00. The van der Waals surface area contributed by atoms with E-state index in [-0.39, 0.29) is 18.0 Å². The fraction of sp³-hybridized carbons (Fsp3) is 0.364. The van der Waals surface area contributed by atoms with Crippen molar-refractivity contribution >= 4 is 29.1 Å². The zero-order chi connectivity index (χ0) is 11.3. The summed E-state index contributed by atoms with van der Waals surface area (Å²) in [6.07, 6.45) is 0.284. The van der Waals surface area contributed by atoms with Crippen LogP contribution in [0.25, 0.3) is 0 Å². The standard InChI is InChI=1S/C11H12ClFOS/c1-2-15-7-10(14)5-8-3-4-9(13)6-11(8)12/h3-4,6H,2,5,7H2,1H3. The van der Waals surface area contributed by atoms with Gasteiger partial charge in [0.05, 0.1) is 5.75 Å². The van der Waals surface area contributed by atoms with E-state index < -0.39 is 0 Å². The van der Waals surface area contributed by atoms with Crippen molar-refractivity contribution in [3.8, 4) is 0 Å². The fourth-order valence-corrected chi connectivity index (χ4v) is 1.91. The third-order valence-electron chi connectivity index (χ3n) is 1.87. The Bertz CT molecular complexity index is 354. The summed E-state index contributed by atoms with van der Waals surface area (Å²) in [5.41, 5.74) is 0.694. The summed E-state index contributed by atoms with van der Waals surface area (Å²) in [5.74, 6) is 1.15. The lowest BCUT2D eigenvalue weighted by molar-refractivity contribution is -0.116. The van der Waals surface area contributed by atoms with E-state index in [2.05, 4.69) is 0 Å². The Morgan fingerprint density at radius 2 is 2.27 bits per heavy atom. The monoisotopic (exact) mass is 246 g/mol. The molecule has 0 saturated heterocycles. The van der Waals surface area contributed by atoms with Crippen LogP contribution in [0.2, 0.25) is 5.02 Å². The molecule has 0 aliphatic carbocycles. The largest absolute Gasteiger partial charge is 0.298 e. The topological polar surface area (TPSA) is 17.1 Å². The zero-order valence-corrected chi connectivity index (χ0v) is 10.00. The van der Waals surface area contributed by atoms with Gasteiger partial charge in [-0.1, -0.05) is 24.6 Å². The molecule has 0 heterocycles. The highest BCUT2D eigenvalue weighted by Gasteiger charge is 2.07. The summed E-state index contributed by atoms with van der Waals surface area (Å²) in [6, 6.07) is 4.12. The van der Waals surface area contributed by atoms with Gasteiger partial charge in [0.2, 0.25) is 0 Å². The van der Waals surface area contributed by atoms with Gasteiger partial charge in [0.1, 0.15) is 11.6 Å². The minimum Gasteiger partial charge on any atom is -0.298 e. The van der Waals surface area contributed by atoms with E-state index in [1.807, 2.05) is 6.92 Å². The van der Waals surface area contributed by atoms with Crippen molar-refractivity contribution < 1.29 is 9.18 Å². The van der Waals surface area contributed by atoms with Gasteiger partial charge in [0, 0.05) is 11.4 Å². The molecule has 15 heavy (non-hydrogen) atoms. The molecule has 0 bridgehead atoms. The first-order valence-corrected chi connectivity index (χ1v) is 6.20. The van der Waals surface area contributed by atoms with Crippen LogP contribution >= 0.6 is 23.4 Å². The molecule has 1 rings (SSSR count). The van der Waals surface area contributed by atoms with Crippen molar-refractivity contribution in [2.75, 3.05) is 11.5 Å². The van der Waals surface area contributed by atoms with Gasteiger partial charge in [-0.15, -0.1) is 0 Å². The molecule has 0 unspecified atom stereocenters. The SMILES string of the molecule is CCSCC(=O)Cc1ccc(F)cc1Cl. The quantitative estimate of drug-likeness (QED) is 0.793. The Balaban J connectivity index is 2.60. The van der Waals surface area contributed by atoms with Crippen molar-refractivity contribution in [2.24, 2.45) is 0 Å². The minimum atomic E-state index is -0.376. The number of carbonyl (C=O) groups is 1. The van der Waals surface area contributed by atoms with Crippen LogP contribution < -0.4 is 0 Å². The van der Waals surface area contributed by atoms with Gasteiger partial charge in [0.25, 0.3) is 0 Å². The highest BCUT2D eigenvalue weighted by Crippen LogP contribution is 2.18. The zero-order valence-electron chi connectivity index (χ0n) is 8.43. The number of rotatable bonds is 5. The molecule has 0 radical (unpaired) electrons. The molecular formula is C11H12ClFOS. The van der Waals surface area contributed by atoms with Gasteiger partial charge < -0.3 is 0 Å². The Labute approximate surface area is 98.0 Å². The van der Waals surface area contributed by atoms with Gasteiger partial charge in [0.15, 0.2) is 0 Å². The van der Waals surface area contributed by atoms with Crippen molar-refractivity contribution in [1.82, 2.24) is 0 Å². The summed E-state index contributed by atoms with van der Waals surface area (Å²) < 4.78 is 12.7. The first kappa shape index (κ1) is 12.5. The molecule has 1 aromatic rings. The van der Waals surface area contributed by atoms with Crippen molar-refractivity contribution in [1.29, 1.82) is 0 Å². The smallest absolute Gasteiger partial charge is 0.147 e. The molecule has 0 N–H and O–H groups in total. The molecule has 0 spiro atoms. The second-order valence-corrected chi connectivity index (χ2v) is 4.77. The van der Waals surface area contributed by atoms with E-state index >= 15 is 0 Å². The Hall–Kier alpha value is -0.540. The van der Waals surface area contributed by atoms with E-state index in [0.29, 0.717) is 16.3 Å². The first-order valence-electron chi connectivity index (χ1n) is 4.67. The molecule has 0 aromatic heterocycles. The molecule has 1 aromatic carbocycles. The molecule has 82 valence electrons. The van der Waals surface area contributed by atoms with E-state index in [1.165, 1.54) is 12.1 Å². The van der Waals surface area contributed by atoms with Crippen LogP contribution in [-0.2, 0) is 11.2 Å². The second-order valence-electron chi connectivity index (χ2n) is 3.09. The molecule has 0 saturated carbocycles. The molecule has 0 atom stereocenters. The normalized spacial score (nSPS) is 10.3. The van der Waals surface area contributed by atoms with Crippen LogP contribution in [0.4, 0.5) is 4.39 Å². The summed E-state index contributed by atoms with van der Waals surface area (Å²) in [4.78, 5) is 11.4. The van der Waals surface area contributed by atoms with Crippen LogP contribution in [0.15, 0.2) is 18.2 Å². The lowest BCUT2D eigenvalue weighted by Crippen LogP contribution is -2.06. The van der Waals surface area contributed by atoms with Crippen LogP contribution in [0, 0.1) is 5.82 Å². The number of hydrogen-bond acceptors (Lipinski definition) is 2. The molecule has 1 nitrogen and oxygen atoms in total. The van der Waals surface area contributed by atoms with Crippen LogP contribution in [0.1, 0.15) is 12.5 Å². The molecule has 0 fully saturated rings. The van der Waals surface area contributed by atoms with E-state index in [9.17, 15) is 9.18 Å². The highest BCUT2D eigenvalue weighted by molar-refractivity contribution is 7.99. The lowest BCUT2D eigenvalue weighted by atomic mass is 10.1. The van der Waals surface area contributed by atoms with Crippen LogP contribution in [-0.4, -0.2) is 17.3 Å². The maximum absolute atomic E-state index is 12.7. The van der Waals surface area contributed by atoms with E-state index in [1.54, 1.807) is 17.8 Å². The maximum Gasteiger partial charge on any atom is 0.147 e. The predicted molar refractivity (Wildman–Crippen MR) is 63.1 cm³/mol. The lowest BCUT2D eigenvalue weighted by Gasteiger charge is -2.03. The summed E-state index contributed by atoms with van der Waals surface area (Å²) >= 11 is 7.39. The number of Topliss-reactive ketones (excluding diaryl/α,β-unsaturated/α-hetero) is 1. The third-order valence-corrected chi connectivity index (χ3v) is 3.16. The predicted octanol–water partition coefficient (Wildman–Crippen LogP) is 3.34. The minimum absolute atomic E-state index is 0.121. The highest BCUT2D eigenvalue weighted by atomic mass is 35.5. The third kappa shape index (κ3) is 4.22. The first-order chi connectivity index (χ1) is 7.13.